The maximum absolute atomic E-state index is 5.74. The summed E-state index contributed by atoms with van der Waals surface area (Å²) in [5, 5.41) is 3.73. The summed E-state index contributed by atoms with van der Waals surface area (Å²) >= 11 is 5.74. The van der Waals surface area contributed by atoms with Gasteiger partial charge in [-0.15, -0.1) is 0 Å². The average molecular weight is 352 g/mol. The molecule has 25 heavy (non-hydrogen) atoms. The summed E-state index contributed by atoms with van der Waals surface area (Å²) in [4.78, 5) is 7.81. The second kappa shape index (κ2) is 7.22. The highest BCUT2D eigenvalue weighted by Crippen LogP contribution is 2.34. The minimum absolute atomic E-state index is 0.427. The zero-order valence-electron chi connectivity index (χ0n) is 14.7. The van der Waals surface area contributed by atoms with Crippen LogP contribution in [0, 0.1) is 12.8 Å². The fourth-order valence-electron chi connectivity index (χ4n) is 4.32. The third-order valence-corrected chi connectivity index (χ3v) is 6.10. The van der Waals surface area contributed by atoms with Gasteiger partial charge in [-0.05, 0) is 56.8 Å². The van der Waals surface area contributed by atoms with E-state index in [0.29, 0.717) is 12.1 Å². The minimum Gasteiger partial charge on any atom is -0.371 e. The van der Waals surface area contributed by atoms with Crippen molar-refractivity contribution in [3.8, 4) is 0 Å². The lowest BCUT2D eigenvalue weighted by atomic mass is 9.76. The van der Waals surface area contributed by atoms with Crippen molar-refractivity contribution in [3.63, 3.8) is 0 Å². The zero-order valence-corrected chi connectivity index (χ0v) is 15.5. The second-order valence-electron chi connectivity index (χ2n) is 7.37. The normalized spacial score (nSPS) is 27.9. The Morgan fingerprint density at radius 1 is 1.20 bits per heavy atom. The molecule has 3 aliphatic rings. The van der Waals surface area contributed by atoms with Gasteiger partial charge in [0, 0.05) is 30.0 Å². The lowest BCUT2D eigenvalue weighted by Crippen LogP contribution is -2.64. The fourth-order valence-corrected chi connectivity index (χ4v) is 4.59. The number of aromatic nitrogens is 1. The predicted octanol–water partition coefficient (Wildman–Crippen LogP) is 3.36. The molecule has 3 saturated heterocycles. The Bertz CT molecular complexity index is 721. The molecule has 1 aromatic carbocycles. The van der Waals surface area contributed by atoms with Gasteiger partial charge in [0.25, 0.3) is 0 Å². The Balaban J connectivity index is 1.52. The first-order chi connectivity index (χ1) is 12.2. The summed E-state index contributed by atoms with van der Waals surface area (Å²) in [7, 11) is 0. The van der Waals surface area contributed by atoms with Crippen molar-refractivity contribution in [2.24, 2.45) is 5.92 Å². The number of nitrogens with one attached hydrogen (secondary N) is 1. The summed E-state index contributed by atoms with van der Waals surface area (Å²) in [6.45, 7) is 4.54. The van der Waals surface area contributed by atoms with Crippen LogP contribution in [0.5, 0.6) is 0 Å². The van der Waals surface area contributed by atoms with Crippen molar-refractivity contribution in [1.82, 2.24) is 15.2 Å². The van der Waals surface area contributed by atoms with E-state index in [0.717, 1.165) is 22.9 Å². The highest BCUT2D eigenvalue weighted by atomic mass is 32.1. The first kappa shape index (κ1) is 16.7. The number of aryl methyl sites for hydroxylation is 1. The van der Waals surface area contributed by atoms with Crippen LogP contribution in [0.1, 0.15) is 29.5 Å². The van der Waals surface area contributed by atoms with Gasteiger partial charge in [-0.25, -0.2) is 0 Å². The van der Waals surface area contributed by atoms with Crippen molar-refractivity contribution < 1.29 is 0 Å². The summed E-state index contributed by atoms with van der Waals surface area (Å²) in [5.41, 5.74) is 3.70. The number of benzene rings is 1. The number of thiocarbonyl (C=S) groups is 1. The number of nitrogens with zero attached hydrogens (tertiary/aromatic N) is 2. The van der Waals surface area contributed by atoms with Crippen LogP contribution in [0.2, 0.25) is 0 Å². The summed E-state index contributed by atoms with van der Waals surface area (Å²) in [6, 6.07) is 13.7. The lowest BCUT2D eigenvalue weighted by molar-refractivity contribution is 0.0212. The Labute approximate surface area is 155 Å². The van der Waals surface area contributed by atoms with Crippen molar-refractivity contribution >= 4 is 17.2 Å². The zero-order chi connectivity index (χ0) is 17.2. The number of fused-ring (bicyclic) bond motifs is 3. The lowest BCUT2D eigenvalue weighted by Gasteiger charge is -2.51. The molecule has 2 aromatic rings. The molecule has 3 aliphatic heterocycles. The Hall–Kier alpha value is -1.78. The van der Waals surface area contributed by atoms with E-state index >= 15 is 0 Å². The molecule has 130 valence electrons. The fraction of sp³-hybridized carbons (Fsp3) is 0.429. The molecule has 0 aliphatic carbocycles. The van der Waals surface area contributed by atoms with Gasteiger partial charge in [0.2, 0.25) is 0 Å². The SMILES string of the molecule is Cc1ccc(C(=S)NC2C3CCN(CC3)C2Cc2cccnc2)cc1. The smallest absolute Gasteiger partial charge is 0.106 e. The number of rotatable bonds is 4. The number of hydrogen-bond acceptors (Lipinski definition) is 3. The van der Waals surface area contributed by atoms with Gasteiger partial charge < -0.3 is 5.32 Å². The largest absolute Gasteiger partial charge is 0.371 e. The van der Waals surface area contributed by atoms with Crippen LogP contribution in [0.15, 0.2) is 48.8 Å². The molecule has 2 atom stereocenters. The van der Waals surface area contributed by atoms with E-state index in [1.54, 1.807) is 0 Å². The van der Waals surface area contributed by atoms with E-state index in [2.05, 4.69) is 52.5 Å². The molecular weight excluding hydrogens is 326 g/mol. The topological polar surface area (TPSA) is 28.2 Å². The first-order valence-electron chi connectivity index (χ1n) is 9.21. The molecule has 5 rings (SSSR count). The third kappa shape index (κ3) is 3.60. The molecule has 0 amide bonds. The average Bonchev–Trinajstić information content (AvgIpc) is 2.66. The van der Waals surface area contributed by atoms with E-state index in [4.69, 9.17) is 12.2 Å². The monoisotopic (exact) mass is 351 g/mol. The van der Waals surface area contributed by atoms with Crippen LogP contribution in [-0.4, -0.2) is 40.0 Å². The first-order valence-corrected chi connectivity index (χ1v) is 9.62. The molecule has 2 bridgehead atoms. The van der Waals surface area contributed by atoms with E-state index in [9.17, 15) is 0 Å². The quantitative estimate of drug-likeness (QED) is 0.855. The van der Waals surface area contributed by atoms with Gasteiger partial charge in [-0.2, -0.15) is 0 Å². The molecule has 3 nitrogen and oxygen atoms in total. The Morgan fingerprint density at radius 2 is 1.96 bits per heavy atom. The van der Waals surface area contributed by atoms with Gasteiger partial charge in [-0.3, -0.25) is 9.88 Å². The molecule has 0 spiro atoms. The Kier molecular flexibility index (Phi) is 4.82. The van der Waals surface area contributed by atoms with Crippen molar-refractivity contribution in [2.75, 3.05) is 13.1 Å². The van der Waals surface area contributed by atoms with Gasteiger partial charge in [0.15, 0.2) is 0 Å². The summed E-state index contributed by atoms with van der Waals surface area (Å²) < 4.78 is 0. The third-order valence-electron chi connectivity index (χ3n) is 5.74. The molecule has 4 heterocycles. The van der Waals surface area contributed by atoms with Crippen molar-refractivity contribution in [1.29, 1.82) is 0 Å². The second-order valence-corrected chi connectivity index (χ2v) is 7.78. The van der Waals surface area contributed by atoms with Crippen molar-refractivity contribution in [3.05, 3.63) is 65.5 Å². The predicted molar refractivity (Wildman–Crippen MR) is 106 cm³/mol. The van der Waals surface area contributed by atoms with Crippen LogP contribution in [0.4, 0.5) is 0 Å². The molecule has 1 N–H and O–H groups in total. The highest BCUT2D eigenvalue weighted by Gasteiger charge is 2.42. The number of hydrogen-bond donors (Lipinski definition) is 1. The minimum atomic E-state index is 0.427. The molecule has 4 heteroatoms. The van der Waals surface area contributed by atoms with E-state index < -0.39 is 0 Å². The molecular formula is C21H25N3S. The van der Waals surface area contributed by atoms with Gasteiger partial charge in [0.05, 0.1) is 0 Å². The highest BCUT2D eigenvalue weighted by molar-refractivity contribution is 7.80. The Morgan fingerprint density at radius 3 is 2.64 bits per heavy atom. The molecule has 0 radical (unpaired) electrons. The molecule has 1 aromatic heterocycles. The van der Waals surface area contributed by atoms with Crippen LogP contribution in [-0.2, 0) is 6.42 Å². The van der Waals surface area contributed by atoms with Crippen LogP contribution in [0.25, 0.3) is 0 Å². The van der Waals surface area contributed by atoms with Crippen LogP contribution >= 0.6 is 12.2 Å². The summed E-state index contributed by atoms with van der Waals surface area (Å²) in [6.07, 6.45) is 7.44. The van der Waals surface area contributed by atoms with E-state index in [-0.39, 0.29) is 0 Å². The molecule has 2 unspecified atom stereocenters. The van der Waals surface area contributed by atoms with E-state index in [1.807, 2.05) is 18.5 Å². The maximum Gasteiger partial charge on any atom is 0.106 e. The number of pyridine rings is 1. The maximum atomic E-state index is 5.74. The van der Waals surface area contributed by atoms with Gasteiger partial charge in [-0.1, -0.05) is 48.1 Å². The van der Waals surface area contributed by atoms with Gasteiger partial charge in [0.1, 0.15) is 4.99 Å². The van der Waals surface area contributed by atoms with Crippen LogP contribution < -0.4 is 5.32 Å². The number of piperidine rings is 3. The standard InChI is InChI=1S/C21H25N3S/c1-15-4-6-18(7-5-15)21(25)23-20-17-8-11-24(12-9-17)19(20)13-16-3-2-10-22-14-16/h2-7,10,14,17,19-20H,8-9,11-13H2,1H3,(H,23,25). The molecule has 3 fully saturated rings. The van der Waals surface area contributed by atoms with E-state index in [1.165, 1.54) is 37.1 Å². The molecule has 0 saturated carbocycles. The van der Waals surface area contributed by atoms with Crippen LogP contribution in [0.3, 0.4) is 0 Å². The van der Waals surface area contributed by atoms with Gasteiger partial charge >= 0.3 is 0 Å². The van der Waals surface area contributed by atoms with Crippen molar-refractivity contribution in [2.45, 2.75) is 38.3 Å². The summed E-state index contributed by atoms with van der Waals surface area (Å²) in [5.74, 6) is 0.718.